The molecule has 2 N–H and O–H groups in total. The highest BCUT2D eigenvalue weighted by Gasteiger charge is 2.27. The minimum atomic E-state index is -4.34. The number of aromatic carboxylic acids is 1. The number of halogens is 3. The van der Waals surface area contributed by atoms with Crippen molar-refractivity contribution in [3.8, 4) is 0 Å². The van der Waals surface area contributed by atoms with Crippen LogP contribution in [0.3, 0.4) is 0 Å². The number of alkyl halides is 3. The third-order valence-electron chi connectivity index (χ3n) is 2.07. The number of thiazole rings is 1. The fourth-order valence-electron chi connectivity index (χ4n) is 1.18. The summed E-state index contributed by atoms with van der Waals surface area (Å²) >= 11 is 1.12. The van der Waals surface area contributed by atoms with Crippen LogP contribution in [0.15, 0.2) is 5.38 Å². The molecule has 1 heterocycles. The maximum atomic E-state index is 11.8. The van der Waals surface area contributed by atoms with Crippen LogP contribution in [-0.2, 0) is 11.2 Å². The van der Waals surface area contributed by atoms with Gasteiger partial charge in [0.2, 0.25) is 5.91 Å². The molecule has 1 aromatic heterocycles. The molecular formula is C10H11F3N2O3S. The lowest BCUT2D eigenvalue weighted by atomic mass is 10.3. The number of carboxylic acid groups (broad SMARTS) is 1. The van der Waals surface area contributed by atoms with Crippen LogP contribution in [0.5, 0.6) is 0 Å². The van der Waals surface area contributed by atoms with Gasteiger partial charge < -0.3 is 10.4 Å². The van der Waals surface area contributed by atoms with Gasteiger partial charge in [-0.05, 0) is 0 Å². The molecule has 0 fully saturated rings. The van der Waals surface area contributed by atoms with Gasteiger partial charge in [0.25, 0.3) is 0 Å². The normalized spacial score (nSPS) is 11.3. The van der Waals surface area contributed by atoms with Crippen LogP contribution in [0.4, 0.5) is 13.2 Å². The zero-order valence-electron chi connectivity index (χ0n) is 9.66. The summed E-state index contributed by atoms with van der Waals surface area (Å²) in [5.74, 6) is -1.83. The van der Waals surface area contributed by atoms with Crippen molar-refractivity contribution in [3.63, 3.8) is 0 Å². The van der Waals surface area contributed by atoms with E-state index in [0.717, 1.165) is 11.3 Å². The molecule has 0 aliphatic carbocycles. The van der Waals surface area contributed by atoms with Gasteiger partial charge in [-0.15, -0.1) is 11.3 Å². The van der Waals surface area contributed by atoms with Gasteiger partial charge in [0, 0.05) is 24.8 Å². The van der Waals surface area contributed by atoms with Gasteiger partial charge >= 0.3 is 12.1 Å². The number of aromatic nitrogens is 1. The number of nitrogens with one attached hydrogen (secondary N) is 1. The van der Waals surface area contributed by atoms with E-state index in [2.05, 4.69) is 10.3 Å². The van der Waals surface area contributed by atoms with E-state index in [-0.39, 0.29) is 18.7 Å². The van der Waals surface area contributed by atoms with E-state index in [1.54, 1.807) is 0 Å². The average Bonchev–Trinajstić information content (AvgIpc) is 2.74. The lowest BCUT2D eigenvalue weighted by Crippen LogP contribution is -2.27. The van der Waals surface area contributed by atoms with Gasteiger partial charge in [-0.3, -0.25) is 4.79 Å². The molecule has 0 spiro atoms. The Kier molecular flexibility index (Phi) is 5.28. The summed E-state index contributed by atoms with van der Waals surface area (Å²) in [7, 11) is 0. The Morgan fingerprint density at radius 3 is 2.63 bits per heavy atom. The second kappa shape index (κ2) is 6.50. The van der Waals surface area contributed by atoms with Crippen LogP contribution < -0.4 is 5.32 Å². The number of rotatable bonds is 6. The molecule has 0 aromatic carbocycles. The van der Waals surface area contributed by atoms with Gasteiger partial charge in [-0.25, -0.2) is 9.78 Å². The second-order valence-corrected chi connectivity index (χ2v) is 4.59. The fourth-order valence-corrected chi connectivity index (χ4v) is 1.95. The van der Waals surface area contributed by atoms with Gasteiger partial charge in [0.15, 0.2) is 5.69 Å². The van der Waals surface area contributed by atoms with E-state index >= 15 is 0 Å². The largest absolute Gasteiger partial charge is 0.476 e. The van der Waals surface area contributed by atoms with E-state index in [9.17, 15) is 22.8 Å². The lowest BCUT2D eigenvalue weighted by Gasteiger charge is -2.06. The minimum absolute atomic E-state index is 0.0802. The smallest absolute Gasteiger partial charge is 0.389 e. The Morgan fingerprint density at radius 1 is 1.42 bits per heavy atom. The van der Waals surface area contributed by atoms with Crippen LogP contribution in [0.2, 0.25) is 0 Å². The van der Waals surface area contributed by atoms with E-state index in [0.29, 0.717) is 5.01 Å². The van der Waals surface area contributed by atoms with Crippen molar-refractivity contribution in [1.29, 1.82) is 0 Å². The molecule has 1 amide bonds. The minimum Gasteiger partial charge on any atom is -0.476 e. The summed E-state index contributed by atoms with van der Waals surface area (Å²) in [5.41, 5.74) is -0.0802. The Bertz CT molecular complexity index is 459. The van der Waals surface area contributed by atoms with Gasteiger partial charge in [0.05, 0.1) is 11.4 Å². The number of hydrogen-bond donors (Lipinski definition) is 2. The Labute approximate surface area is 110 Å². The number of carbonyl (C=O) groups excluding carboxylic acids is 1. The van der Waals surface area contributed by atoms with E-state index < -0.39 is 30.9 Å². The van der Waals surface area contributed by atoms with Crippen molar-refractivity contribution in [2.24, 2.45) is 0 Å². The Balaban J connectivity index is 2.26. The highest BCUT2D eigenvalue weighted by Crippen LogP contribution is 2.20. The van der Waals surface area contributed by atoms with Crippen molar-refractivity contribution in [2.45, 2.75) is 25.4 Å². The third kappa shape index (κ3) is 6.18. The summed E-state index contributed by atoms with van der Waals surface area (Å²) in [4.78, 5) is 25.4. The van der Waals surface area contributed by atoms with Crippen LogP contribution in [0, 0.1) is 0 Å². The first-order chi connectivity index (χ1) is 8.78. The summed E-state index contributed by atoms with van der Waals surface area (Å²) in [6.45, 7) is 0.128. The van der Waals surface area contributed by atoms with E-state index in [1.165, 1.54) is 5.38 Å². The topological polar surface area (TPSA) is 79.3 Å². The highest BCUT2D eigenvalue weighted by atomic mass is 32.1. The molecule has 0 saturated heterocycles. The Hall–Kier alpha value is -1.64. The molecule has 1 aromatic rings. The summed E-state index contributed by atoms with van der Waals surface area (Å²) in [6, 6.07) is 0. The number of nitrogens with zero attached hydrogens (tertiary/aromatic N) is 1. The predicted molar refractivity (Wildman–Crippen MR) is 61.1 cm³/mol. The molecule has 19 heavy (non-hydrogen) atoms. The van der Waals surface area contributed by atoms with Crippen molar-refractivity contribution in [2.75, 3.05) is 6.54 Å². The van der Waals surface area contributed by atoms with Crippen LogP contribution in [0.1, 0.15) is 28.3 Å². The Morgan fingerprint density at radius 2 is 2.11 bits per heavy atom. The quantitative estimate of drug-likeness (QED) is 0.839. The second-order valence-electron chi connectivity index (χ2n) is 3.65. The number of carboxylic acids is 1. The molecule has 9 heteroatoms. The van der Waals surface area contributed by atoms with Gasteiger partial charge in [-0.2, -0.15) is 13.2 Å². The van der Waals surface area contributed by atoms with Crippen LogP contribution in [0.25, 0.3) is 0 Å². The first-order valence-electron chi connectivity index (χ1n) is 5.29. The van der Waals surface area contributed by atoms with E-state index in [4.69, 9.17) is 5.11 Å². The molecule has 106 valence electrons. The maximum Gasteiger partial charge on any atom is 0.389 e. The lowest BCUT2D eigenvalue weighted by molar-refractivity contribution is -0.144. The molecule has 0 radical (unpaired) electrons. The maximum absolute atomic E-state index is 11.8. The van der Waals surface area contributed by atoms with Crippen molar-refractivity contribution < 1.29 is 27.9 Å². The SMILES string of the molecule is O=C(CCC(F)(F)F)NCCc1nc(C(=O)O)cs1. The van der Waals surface area contributed by atoms with Crippen molar-refractivity contribution in [1.82, 2.24) is 10.3 Å². The number of carbonyl (C=O) groups is 2. The van der Waals surface area contributed by atoms with Crippen molar-refractivity contribution in [3.05, 3.63) is 16.1 Å². The summed E-state index contributed by atoms with van der Waals surface area (Å²) in [5, 5.41) is 12.8. The summed E-state index contributed by atoms with van der Waals surface area (Å²) < 4.78 is 35.5. The molecule has 0 aliphatic rings. The molecule has 5 nitrogen and oxygen atoms in total. The predicted octanol–water partition coefficient (Wildman–Crippen LogP) is 1.84. The van der Waals surface area contributed by atoms with Crippen LogP contribution >= 0.6 is 11.3 Å². The first-order valence-corrected chi connectivity index (χ1v) is 6.17. The average molecular weight is 296 g/mol. The fraction of sp³-hybridized carbons (Fsp3) is 0.500. The zero-order valence-corrected chi connectivity index (χ0v) is 10.5. The standard InChI is InChI=1S/C10H11F3N2O3S/c11-10(12,13)3-1-7(16)14-4-2-8-15-6(5-19-8)9(17)18/h5H,1-4H2,(H,14,16)(H,17,18). The molecule has 0 bridgehead atoms. The first kappa shape index (κ1) is 15.4. The molecule has 0 unspecified atom stereocenters. The molecule has 1 rings (SSSR count). The highest BCUT2D eigenvalue weighted by molar-refractivity contribution is 7.09. The molecular weight excluding hydrogens is 285 g/mol. The third-order valence-corrected chi connectivity index (χ3v) is 2.98. The molecule has 0 atom stereocenters. The monoisotopic (exact) mass is 296 g/mol. The van der Waals surface area contributed by atoms with Gasteiger partial charge in [-0.1, -0.05) is 0 Å². The number of amides is 1. The zero-order chi connectivity index (χ0) is 14.5. The summed E-state index contributed by atoms with van der Waals surface area (Å²) in [6.07, 6.45) is -5.82. The van der Waals surface area contributed by atoms with Gasteiger partial charge in [0.1, 0.15) is 0 Å². The number of hydrogen-bond acceptors (Lipinski definition) is 4. The molecule has 0 saturated carbocycles. The molecule has 0 aliphatic heterocycles. The van der Waals surface area contributed by atoms with Crippen molar-refractivity contribution >= 4 is 23.2 Å². The van der Waals surface area contributed by atoms with E-state index in [1.807, 2.05) is 0 Å². The van der Waals surface area contributed by atoms with Crippen LogP contribution in [-0.4, -0.2) is 34.7 Å².